The highest BCUT2D eigenvalue weighted by atomic mass is 35.5. The number of anilines is 3. The summed E-state index contributed by atoms with van der Waals surface area (Å²) in [4.78, 5) is 37.7. The molecule has 0 saturated heterocycles. The minimum Gasteiger partial charge on any atom is -0.480 e. The third-order valence-electron chi connectivity index (χ3n) is 5.35. The molecule has 0 spiro atoms. The molecular weight excluding hydrogens is 406 g/mol. The molecule has 2 aromatic carbocycles. The first kappa shape index (κ1) is 20.0. The molecule has 4 rings (SSSR count). The van der Waals surface area contributed by atoms with E-state index in [1.54, 1.807) is 41.3 Å². The maximum Gasteiger partial charge on any atom is 0.326 e. The highest BCUT2D eigenvalue weighted by Crippen LogP contribution is 2.42. The predicted octanol–water partition coefficient (Wildman–Crippen LogP) is 3.62. The summed E-state index contributed by atoms with van der Waals surface area (Å²) in [7, 11) is 0. The van der Waals surface area contributed by atoms with E-state index >= 15 is 0 Å². The first-order chi connectivity index (χ1) is 14.3. The number of carboxylic acids is 1. The second-order valence-electron chi connectivity index (χ2n) is 7.36. The summed E-state index contributed by atoms with van der Waals surface area (Å²) in [5, 5.41) is 15.7. The number of carbonyl (C=O) groups is 3. The number of benzene rings is 2. The molecule has 2 aliphatic rings. The summed E-state index contributed by atoms with van der Waals surface area (Å²) >= 11 is 6.08. The predicted molar refractivity (Wildman–Crippen MR) is 115 cm³/mol. The second-order valence-corrected chi connectivity index (χ2v) is 7.79. The van der Waals surface area contributed by atoms with Crippen LogP contribution in [-0.4, -0.2) is 35.5 Å². The normalized spacial score (nSPS) is 20.3. The van der Waals surface area contributed by atoms with Gasteiger partial charge in [0.1, 0.15) is 6.04 Å². The highest BCUT2D eigenvalue weighted by Gasteiger charge is 2.38. The fraction of sp³-hybridized carbons (Fsp3) is 0.227. The van der Waals surface area contributed by atoms with Crippen LogP contribution in [0.2, 0.25) is 5.02 Å². The van der Waals surface area contributed by atoms with Crippen LogP contribution in [0.15, 0.2) is 54.1 Å². The third kappa shape index (κ3) is 3.76. The van der Waals surface area contributed by atoms with Gasteiger partial charge in [0, 0.05) is 47.0 Å². The minimum atomic E-state index is -0.970. The molecular formula is C22H20ClN3O4. The van der Waals surface area contributed by atoms with E-state index in [1.165, 1.54) is 6.92 Å². The molecule has 2 atom stereocenters. The van der Waals surface area contributed by atoms with Crippen LogP contribution < -0.4 is 15.5 Å². The van der Waals surface area contributed by atoms with E-state index in [4.69, 9.17) is 11.6 Å². The summed E-state index contributed by atoms with van der Waals surface area (Å²) in [5.74, 6) is -1.63. The van der Waals surface area contributed by atoms with E-state index in [1.807, 2.05) is 12.1 Å². The molecule has 0 radical (unpaired) electrons. The Morgan fingerprint density at radius 2 is 1.93 bits per heavy atom. The fourth-order valence-electron chi connectivity index (χ4n) is 3.98. The molecule has 2 heterocycles. The van der Waals surface area contributed by atoms with Gasteiger partial charge in [-0.05, 0) is 48.4 Å². The molecule has 8 heteroatoms. The van der Waals surface area contributed by atoms with Crippen molar-refractivity contribution in [3.8, 4) is 0 Å². The zero-order valence-electron chi connectivity index (χ0n) is 16.2. The van der Waals surface area contributed by atoms with Gasteiger partial charge in [0.2, 0.25) is 5.91 Å². The first-order valence-corrected chi connectivity index (χ1v) is 9.89. The van der Waals surface area contributed by atoms with E-state index in [-0.39, 0.29) is 24.2 Å². The van der Waals surface area contributed by atoms with Crippen molar-refractivity contribution in [3.63, 3.8) is 0 Å². The standard InChI is InChI=1S/C22H20ClN3O4/c1-12(27)24-14-3-5-15(6-4-14)26-9-8-17(21(26)28)18-11-20(22(29)30)25-19-10-13(23)2-7-16(18)19/h2-8,10,18,20,25H,9,11H2,1H3,(H,24,27)(H,29,30). The van der Waals surface area contributed by atoms with Gasteiger partial charge in [-0.3, -0.25) is 9.59 Å². The molecule has 0 aromatic heterocycles. The van der Waals surface area contributed by atoms with Crippen molar-refractivity contribution in [2.45, 2.75) is 25.3 Å². The van der Waals surface area contributed by atoms with Crippen LogP contribution in [0, 0.1) is 0 Å². The number of carbonyl (C=O) groups excluding carboxylic acids is 2. The van der Waals surface area contributed by atoms with E-state index in [9.17, 15) is 19.5 Å². The van der Waals surface area contributed by atoms with E-state index < -0.39 is 12.0 Å². The van der Waals surface area contributed by atoms with Gasteiger partial charge in [-0.1, -0.05) is 23.7 Å². The average Bonchev–Trinajstić information content (AvgIpc) is 3.08. The van der Waals surface area contributed by atoms with Crippen LogP contribution in [0.3, 0.4) is 0 Å². The average molecular weight is 426 g/mol. The number of hydrogen-bond donors (Lipinski definition) is 3. The van der Waals surface area contributed by atoms with Crippen LogP contribution >= 0.6 is 11.6 Å². The van der Waals surface area contributed by atoms with Crippen molar-refractivity contribution in [3.05, 3.63) is 64.7 Å². The maximum atomic E-state index is 13.2. The summed E-state index contributed by atoms with van der Waals surface area (Å²) in [6.07, 6.45) is 2.13. The van der Waals surface area contributed by atoms with Crippen LogP contribution in [0.25, 0.3) is 0 Å². The van der Waals surface area contributed by atoms with Crippen LogP contribution in [-0.2, 0) is 14.4 Å². The lowest BCUT2D eigenvalue weighted by Crippen LogP contribution is -2.37. The van der Waals surface area contributed by atoms with Gasteiger partial charge in [-0.25, -0.2) is 4.79 Å². The molecule has 3 N–H and O–H groups in total. The van der Waals surface area contributed by atoms with Crippen molar-refractivity contribution in [1.82, 2.24) is 0 Å². The summed E-state index contributed by atoms with van der Waals surface area (Å²) < 4.78 is 0. The Kier molecular flexibility index (Phi) is 5.22. The molecule has 0 bridgehead atoms. The number of fused-ring (bicyclic) bond motifs is 1. The van der Waals surface area contributed by atoms with Gasteiger partial charge >= 0.3 is 5.97 Å². The number of rotatable bonds is 4. The quantitative estimate of drug-likeness (QED) is 0.694. The van der Waals surface area contributed by atoms with Crippen molar-refractivity contribution in [1.29, 1.82) is 0 Å². The van der Waals surface area contributed by atoms with Gasteiger partial charge in [0.15, 0.2) is 0 Å². The zero-order chi connectivity index (χ0) is 21.4. The molecule has 2 aromatic rings. The van der Waals surface area contributed by atoms with Crippen LogP contribution in [0.4, 0.5) is 17.1 Å². The number of amides is 2. The molecule has 0 saturated carbocycles. The Hall–Kier alpha value is -3.32. The lowest BCUT2D eigenvalue weighted by Gasteiger charge is -2.32. The highest BCUT2D eigenvalue weighted by molar-refractivity contribution is 6.31. The van der Waals surface area contributed by atoms with E-state index in [0.717, 1.165) is 5.56 Å². The Bertz CT molecular complexity index is 1060. The Morgan fingerprint density at radius 3 is 2.60 bits per heavy atom. The number of hydrogen-bond acceptors (Lipinski definition) is 4. The number of nitrogens with one attached hydrogen (secondary N) is 2. The molecule has 0 fully saturated rings. The van der Waals surface area contributed by atoms with Crippen molar-refractivity contribution < 1.29 is 19.5 Å². The van der Waals surface area contributed by atoms with Crippen LogP contribution in [0.5, 0.6) is 0 Å². The van der Waals surface area contributed by atoms with Gasteiger partial charge in [0.25, 0.3) is 5.91 Å². The smallest absolute Gasteiger partial charge is 0.326 e. The number of halogens is 1. The molecule has 2 unspecified atom stereocenters. The monoisotopic (exact) mass is 425 g/mol. The topological polar surface area (TPSA) is 98.7 Å². The Labute approximate surface area is 178 Å². The van der Waals surface area contributed by atoms with E-state index in [2.05, 4.69) is 10.6 Å². The summed E-state index contributed by atoms with van der Waals surface area (Å²) in [5.41, 5.74) is 3.44. The maximum absolute atomic E-state index is 13.2. The van der Waals surface area contributed by atoms with Gasteiger partial charge in [0.05, 0.1) is 0 Å². The molecule has 154 valence electrons. The first-order valence-electron chi connectivity index (χ1n) is 9.52. The number of nitrogens with zero attached hydrogens (tertiary/aromatic N) is 1. The lowest BCUT2D eigenvalue weighted by atomic mass is 9.81. The minimum absolute atomic E-state index is 0.154. The number of aliphatic carboxylic acids is 1. The van der Waals surface area contributed by atoms with E-state index in [0.29, 0.717) is 34.2 Å². The Morgan fingerprint density at radius 1 is 1.20 bits per heavy atom. The molecule has 7 nitrogen and oxygen atoms in total. The SMILES string of the molecule is CC(=O)Nc1ccc(N2CC=C(C3CC(C(=O)O)Nc4cc(Cl)ccc43)C2=O)cc1. The van der Waals surface area contributed by atoms with Gasteiger partial charge in [-0.2, -0.15) is 0 Å². The third-order valence-corrected chi connectivity index (χ3v) is 5.59. The molecule has 2 aliphatic heterocycles. The summed E-state index contributed by atoms with van der Waals surface area (Å²) in [6.45, 7) is 1.83. The molecule has 0 aliphatic carbocycles. The second kappa shape index (κ2) is 7.84. The molecule has 30 heavy (non-hydrogen) atoms. The van der Waals surface area contributed by atoms with Gasteiger partial charge in [-0.15, -0.1) is 0 Å². The van der Waals surface area contributed by atoms with Crippen molar-refractivity contribution in [2.75, 3.05) is 22.1 Å². The Balaban J connectivity index is 1.60. The van der Waals surface area contributed by atoms with Gasteiger partial charge < -0.3 is 20.6 Å². The summed E-state index contributed by atoms with van der Waals surface area (Å²) in [6, 6.07) is 11.5. The van der Waals surface area contributed by atoms with Crippen molar-refractivity contribution in [2.24, 2.45) is 0 Å². The lowest BCUT2D eigenvalue weighted by molar-refractivity contribution is -0.138. The molecule has 2 amide bonds. The fourth-order valence-corrected chi connectivity index (χ4v) is 4.15. The van der Waals surface area contributed by atoms with Crippen LogP contribution in [0.1, 0.15) is 24.8 Å². The number of carboxylic acid groups (broad SMARTS) is 1. The largest absolute Gasteiger partial charge is 0.480 e. The van der Waals surface area contributed by atoms with Crippen molar-refractivity contribution >= 4 is 46.4 Å². The zero-order valence-corrected chi connectivity index (χ0v) is 16.9.